The minimum Gasteiger partial charge on any atom is -0.444 e. The average Bonchev–Trinajstić information content (AvgIpc) is 2.58. The van der Waals surface area contributed by atoms with Crippen molar-refractivity contribution in [2.24, 2.45) is 0 Å². The summed E-state index contributed by atoms with van der Waals surface area (Å²) in [4.78, 5) is 24.3. The van der Waals surface area contributed by atoms with Crippen LogP contribution in [0.25, 0.3) is 0 Å². The maximum absolute atomic E-state index is 11.5. The number of hydrogen-bond donors (Lipinski definition) is 0. The Hall–Kier alpha value is -0.850. The van der Waals surface area contributed by atoms with Crippen molar-refractivity contribution in [3.8, 4) is 0 Å². The summed E-state index contributed by atoms with van der Waals surface area (Å²) in [6.45, 7) is 2.50. The van der Waals surface area contributed by atoms with E-state index in [2.05, 4.69) is 0 Å². The fourth-order valence-electron chi connectivity index (χ4n) is 1.89. The molecule has 0 N–H and O–H groups in total. The predicted molar refractivity (Wildman–Crippen MR) is 67.3 cm³/mol. The van der Waals surface area contributed by atoms with E-state index in [9.17, 15) is 9.59 Å². The molecule has 1 fully saturated rings. The van der Waals surface area contributed by atoms with Gasteiger partial charge >= 0.3 is 6.09 Å². The predicted octanol–water partition coefficient (Wildman–Crippen LogP) is 2.04. The Morgan fingerprint density at radius 1 is 1.62 bits per heavy atom. The summed E-state index contributed by atoms with van der Waals surface area (Å²) in [6.07, 6.45) is 5.92. The van der Waals surface area contributed by atoms with Crippen LogP contribution < -0.4 is 0 Å². The van der Waals surface area contributed by atoms with Crippen LogP contribution >= 0.6 is 22.6 Å². The van der Waals surface area contributed by atoms with Crippen LogP contribution in [0.15, 0.2) is 23.8 Å². The number of ether oxygens (including phenoxy) is 1. The average molecular weight is 333 g/mol. The van der Waals surface area contributed by atoms with E-state index in [-0.39, 0.29) is 22.0 Å². The van der Waals surface area contributed by atoms with Gasteiger partial charge in [0.25, 0.3) is 0 Å². The second kappa shape index (κ2) is 4.57. The smallest absolute Gasteiger partial charge is 0.410 e. The Labute approximate surface area is 107 Å². The number of halogens is 1. The summed E-state index contributed by atoms with van der Waals surface area (Å²) in [6, 6.07) is 0.0250. The summed E-state index contributed by atoms with van der Waals surface area (Å²) >= 11 is 1.76. The summed E-state index contributed by atoms with van der Waals surface area (Å²) in [5.41, 5.74) is 0.706. The van der Waals surface area contributed by atoms with Crippen LogP contribution in [0.4, 0.5) is 4.79 Å². The van der Waals surface area contributed by atoms with E-state index in [0.29, 0.717) is 18.5 Å². The zero-order valence-electron chi connectivity index (χ0n) is 8.85. The number of nitrogens with zero attached hydrogens (tertiary/aromatic N) is 1. The van der Waals surface area contributed by atoms with Gasteiger partial charge in [-0.1, -0.05) is 18.2 Å². The zero-order valence-corrected chi connectivity index (χ0v) is 11.0. The van der Waals surface area contributed by atoms with Crippen molar-refractivity contribution in [2.45, 2.75) is 25.5 Å². The van der Waals surface area contributed by atoms with Gasteiger partial charge in [-0.05, 0) is 13.3 Å². The van der Waals surface area contributed by atoms with Crippen LogP contribution in [0.5, 0.6) is 0 Å². The number of cyclic esters (lactones) is 1. The summed E-state index contributed by atoms with van der Waals surface area (Å²) in [5.74, 6) is 0. The van der Waals surface area contributed by atoms with Crippen LogP contribution in [-0.2, 0) is 9.53 Å². The molecule has 5 heteroatoms. The largest absolute Gasteiger partial charge is 0.444 e. The van der Waals surface area contributed by atoms with E-state index < -0.39 is 0 Å². The lowest BCUT2D eigenvalue weighted by molar-refractivity contribution is -0.106. The van der Waals surface area contributed by atoms with Crippen molar-refractivity contribution in [1.29, 1.82) is 0 Å². The Balaban J connectivity index is 2.03. The molecule has 1 aliphatic carbocycles. The highest BCUT2D eigenvalue weighted by Gasteiger charge is 2.33. The first-order chi connectivity index (χ1) is 7.58. The van der Waals surface area contributed by atoms with Crippen molar-refractivity contribution < 1.29 is 14.3 Å². The van der Waals surface area contributed by atoms with E-state index in [4.69, 9.17) is 4.74 Å². The highest BCUT2D eigenvalue weighted by atomic mass is 127. The van der Waals surface area contributed by atoms with Crippen molar-refractivity contribution >= 4 is 32.5 Å². The number of carbonyl (C=O) groups excluding carboxylic acids is 2. The molecule has 0 aromatic carbocycles. The molecule has 0 radical (unpaired) electrons. The van der Waals surface area contributed by atoms with Gasteiger partial charge in [0.2, 0.25) is 3.79 Å². The lowest BCUT2D eigenvalue weighted by Gasteiger charge is -2.23. The molecule has 0 aromatic heterocycles. The van der Waals surface area contributed by atoms with Crippen LogP contribution in [0.2, 0.25) is 0 Å². The number of hydrogen-bond acceptors (Lipinski definition) is 3. The third kappa shape index (κ3) is 2.28. The highest BCUT2D eigenvalue weighted by Crippen LogP contribution is 2.22. The third-order valence-electron chi connectivity index (χ3n) is 2.69. The summed E-state index contributed by atoms with van der Waals surface area (Å²) in [7, 11) is 0. The molecule has 0 bridgehead atoms. The number of carbonyl (C=O) groups is 2. The molecule has 0 aromatic rings. The van der Waals surface area contributed by atoms with E-state index >= 15 is 0 Å². The summed E-state index contributed by atoms with van der Waals surface area (Å²) in [5, 5.41) is 0. The fraction of sp³-hybridized carbons (Fsp3) is 0.455. The second-order valence-corrected chi connectivity index (χ2v) is 4.92. The quantitative estimate of drug-likeness (QED) is 0.574. The highest BCUT2D eigenvalue weighted by molar-refractivity contribution is 14.1. The molecule has 1 unspecified atom stereocenters. The van der Waals surface area contributed by atoms with Gasteiger partial charge in [0.15, 0.2) is 0 Å². The molecule has 2 rings (SSSR count). The Kier molecular flexibility index (Phi) is 3.32. The third-order valence-corrected chi connectivity index (χ3v) is 3.32. The molecule has 4 nitrogen and oxygen atoms in total. The molecule has 2 aliphatic rings. The minimum absolute atomic E-state index is 0.0250. The monoisotopic (exact) mass is 333 g/mol. The van der Waals surface area contributed by atoms with Gasteiger partial charge in [0.1, 0.15) is 6.10 Å². The topological polar surface area (TPSA) is 46.6 Å². The van der Waals surface area contributed by atoms with Crippen molar-refractivity contribution in [3.63, 3.8) is 0 Å². The molecule has 1 saturated heterocycles. The molecule has 1 heterocycles. The van der Waals surface area contributed by atoms with E-state index in [1.54, 1.807) is 33.6 Å². The molecule has 1 amide bonds. The molecule has 0 saturated carbocycles. The van der Waals surface area contributed by atoms with Gasteiger partial charge in [-0.15, -0.1) is 0 Å². The van der Waals surface area contributed by atoms with Crippen LogP contribution in [0.1, 0.15) is 13.3 Å². The number of allylic oxidation sites excluding steroid dienone is 2. The molecule has 1 aliphatic heterocycles. The number of rotatable bonds is 2. The Morgan fingerprint density at radius 2 is 2.38 bits per heavy atom. The van der Waals surface area contributed by atoms with Gasteiger partial charge in [0.05, 0.1) is 12.6 Å². The maximum atomic E-state index is 11.5. The van der Waals surface area contributed by atoms with Gasteiger partial charge in [-0.3, -0.25) is 9.69 Å². The van der Waals surface area contributed by atoms with Crippen molar-refractivity contribution in [1.82, 2.24) is 4.90 Å². The fourth-order valence-corrected chi connectivity index (χ4v) is 2.29. The Bertz CT molecular complexity index is 389. The Morgan fingerprint density at radius 3 is 2.81 bits per heavy atom. The lowest BCUT2D eigenvalue weighted by atomic mass is 10.0. The normalized spacial score (nSPS) is 29.0. The van der Waals surface area contributed by atoms with E-state index in [0.717, 1.165) is 0 Å². The standard InChI is InChI=1S/C11H12INO3/c1-7-6-13(11(15)16-7)9-4-2-8(3-5-9)10(12)14/h2-4,7,9H,5-6H2,1H3/t7-,9?/m1/s1. The van der Waals surface area contributed by atoms with Gasteiger partial charge in [0, 0.05) is 28.2 Å². The van der Waals surface area contributed by atoms with Gasteiger partial charge in [-0.25, -0.2) is 4.79 Å². The molecular weight excluding hydrogens is 321 g/mol. The first kappa shape index (κ1) is 11.6. The van der Waals surface area contributed by atoms with Crippen molar-refractivity contribution in [2.75, 3.05) is 6.54 Å². The number of amides is 1. The van der Waals surface area contributed by atoms with E-state index in [1.165, 1.54) is 0 Å². The zero-order chi connectivity index (χ0) is 11.7. The first-order valence-electron chi connectivity index (χ1n) is 5.13. The first-order valence-corrected chi connectivity index (χ1v) is 6.21. The van der Waals surface area contributed by atoms with Gasteiger partial charge < -0.3 is 4.74 Å². The summed E-state index contributed by atoms with van der Waals surface area (Å²) < 4.78 is 5.10. The SMILES string of the molecule is C[C@@H]1CN(C2C=CC(C(=O)I)=CC2)C(=O)O1. The molecule has 86 valence electrons. The molecule has 16 heavy (non-hydrogen) atoms. The van der Waals surface area contributed by atoms with E-state index in [1.807, 2.05) is 19.1 Å². The molecule has 2 atom stereocenters. The minimum atomic E-state index is -0.264. The van der Waals surface area contributed by atoms with Gasteiger partial charge in [-0.2, -0.15) is 0 Å². The molecule has 0 spiro atoms. The second-order valence-electron chi connectivity index (χ2n) is 3.94. The maximum Gasteiger partial charge on any atom is 0.410 e. The van der Waals surface area contributed by atoms with Crippen LogP contribution in [0.3, 0.4) is 0 Å². The van der Waals surface area contributed by atoms with Crippen LogP contribution in [-0.4, -0.2) is 33.5 Å². The van der Waals surface area contributed by atoms with Crippen LogP contribution in [0, 0.1) is 0 Å². The van der Waals surface area contributed by atoms with Crippen molar-refractivity contribution in [3.05, 3.63) is 23.8 Å². The lowest BCUT2D eigenvalue weighted by Crippen LogP contribution is -2.35. The molecular formula is C11H12INO3.